The van der Waals surface area contributed by atoms with Gasteiger partial charge in [0.2, 0.25) is 11.8 Å². The zero-order valence-corrected chi connectivity index (χ0v) is 25.9. The van der Waals surface area contributed by atoms with Crippen molar-refractivity contribution in [3.8, 4) is 0 Å². The molecule has 0 radical (unpaired) electrons. The van der Waals surface area contributed by atoms with Crippen molar-refractivity contribution in [1.82, 2.24) is 9.80 Å². The van der Waals surface area contributed by atoms with Crippen LogP contribution in [0.3, 0.4) is 0 Å². The molecule has 3 unspecified atom stereocenters. The lowest BCUT2D eigenvalue weighted by Gasteiger charge is -2.38. The molecule has 0 aliphatic carbocycles. The van der Waals surface area contributed by atoms with E-state index in [0.29, 0.717) is 38.0 Å². The van der Waals surface area contributed by atoms with E-state index in [1.807, 2.05) is 38.1 Å². The van der Waals surface area contributed by atoms with Gasteiger partial charge in [-0.3, -0.25) is 14.4 Å². The number of benzene rings is 1. The van der Waals surface area contributed by atoms with Crippen LogP contribution in [0.2, 0.25) is 0 Å². The first-order chi connectivity index (χ1) is 20.1. The van der Waals surface area contributed by atoms with Crippen molar-refractivity contribution in [2.75, 3.05) is 56.2 Å². The molecule has 1 aromatic carbocycles. The van der Waals surface area contributed by atoms with E-state index in [1.54, 1.807) is 33.9 Å². The molecule has 230 valence electrons. The number of carbonyl (C=O) groups is 3. The van der Waals surface area contributed by atoms with E-state index in [1.165, 1.54) is 0 Å². The molecule has 9 nitrogen and oxygen atoms in total. The first-order valence-corrected chi connectivity index (χ1v) is 15.3. The number of hydrogen-bond acceptors (Lipinski definition) is 6. The van der Waals surface area contributed by atoms with Crippen LogP contribution >= 0.6 is 0 Å². The maximum Gasteiger partial charge on any atom is 0.253 e. The van der Waals surface area contributed by atoms with Gasteiger partial charge in [-0.15, -0.1) is 13.2 Å². The second-order valence-corrected chi connectivity index (χ2v) is 12.1. The standard InChI is InChI=1S/C33H48N4O5/c1-8-18-34(7)29(39)26-27-30(40)37(20-12-13-21-38)28(33(27)22-23(5)32(26,6)42-33)31(41)36(19-9-2)25-16-14-24(15-17-25)35(10-3)11-4/h8-9,14-17,23,26-28,38H,1-2,10-13,18-22H2,3-7H3/t23?,26-,27+,28?,32+,33?/m1/s1. The number of rotatable bonds is 14. The molecule has 3 amide bonds. The number of aliphatic hydroxyl groups excluding tert-OH is 1. The van der Waals surface area contributed by atoms with E-state index in [-0.39, 0.29) is 36.8 Å². The van der Waals surface area contributed by atoms with Gasteiger partial charge in [0.25, 0.3) is 5.91 Å². The highest BCUT2D eigenvalue weighted by Gasteiger charge is 2.80. The van der Waals surface area contributed by atoms with Gasteiger partial charge in [0, 0.05) is 57.8 Å². The Bertz CT molecular complexity index is 1180. The van der Waals surface area contributed by atoms with E-state index in [9.17, 15) is 19.5 Å². The van der Waals surface area contributed by atoms with Crippen LogP contribution in [-0.2, 0) is 19.1 Å². The summed E-state index contributed by atoms with van der Waals surface area (Å²) in [5, 5.41) is 9.47. The number of amides is 3. The highest BCUT2D eigenvalue weighted by Crippen LogP contribution is 2.65. The second-order valence-electron chi connectivity index (χ2n) is 12.1. The summed E-state index contributed by atoms with van der Waals surface area (Å²) >= 11 is 0. The van der Waals surface area contributed by atoms with Crippen molar-refractivity contribution in [1.29, 1.82) is 0 Å². The zero-order valence-electron chi connectivity index (χ0n) is 25.9. The Morgan fingerprint density at radius 2 is 1.69 bits per heavy atom. The molecular formula is C33H48N4O5. The molecular weight excluding hydrogens is 532 g/mol. The Morgan fingerprint density at radius 1 is 1.07 bits per heavy atom. The summed E-state index contributed by atoms with van der Waals surface area (Å²) in [6.07, 6.45) is 4.90. The maximum atomic E-state index is 14.7. The average Bonchev–Trinajstić information content (AvgIpc) is 3.49. The average molecular weight is 581 g/mol. The highest BCUT2D eigenvalue weighted by molar-refractivity contribution is 6.05. The van der Waals surface area contributed by atoms with Crippen molar-refractivity contribution in [3.05, 3.63) is 49.6 Å². The third-order valence-corrected chi connectivity index (χ3v) is 9.77. The van der Waals surface area contributed by atoms with Crippen LogP contribution in [0.4, 0.5) is 11.4 Å². The maximum absolute atomic E-state index is 14.7. The second kappa shape index (κ2) is 12.6. The van der Waals surface area contributed by atoms with Crippen molar-refractivity contribution >= 4 is 29.1 Å². The number of ether oxygens (including phenoxy) is 1. The summed E-state index contributed by atoms with van der Waals surface area (Å²) in [7, 11) is 1.71. The number of aliphatic hydroxyl groups is 1. The topological polar surface area (TPSA) is 93.6 Å². The summed E-state index contributed by atoms with van der Waals surface area (Å²) < 4.78 is 6.87. The largest absolute Gasteiger partial charge is 0.396 e. The third kappa shape index (κ3) is 5.04. The Hall–Kier alpha value is -3.17. The van der Waals surface area contributed by atoms with Gasteiger partial charge < -0.3 is 29.4 Å². The molecule has 1 aromatic rings. The lowest BCUT2D eigenvalue weighted by Crippen LogP contribution is -2.57. The third-order valence-electron chi connectivity index (χ3n) is 9.77. The van der Waals surface area contributed by atoms with Crippen LogP contribution in [0, 0.1) is 17.8 Å². The number of anilines is 2. The Kier molecular flexibility index (Phi) is 9.52. The molecule has 3 aliphatic rings. The summed E-state index contributed by atoms with van der Waals surface area (Å²) in [5.41, 5.74) is -0.225. The lowest BCUT2D eigenvalue weighted by atomic mass is 9.62. The number of fused-ring (bicyclic) bond motifs is 1. The molecule has 42 heavy (non-hydrogen) atoms. The van der Waals surface area contributed by atoms with Crippen LogP contribution in [-0.4, -0.2) is 96.3 Å². The monoisotopic (exact) mass is 580 g/mol. The first kappa shape index (κ1) is 31.8. The summed E-state index contributed by atoms with van der Waals surface area (Å²) in [4.78, 5) is 50.1. The van der Waals surface area contributed by atoms with Crippen LogP contribution in [0.5, 0.6) is 0 Å². The number of unbranched alkanes of at least 4 members (excludes halogenated alkanes) is 1. The molecule has 3 aliphatic heterocycles. The molecule has 0 aromatic heterocycles. The lowest BCUT2D eigenvalue weighted by molar-refractivity contribution is -0.150. The SMILES string of the molecule is C=CCN(C)C(=O)[C@H]1[C@H]2C(=O)N(CCCCO)C(C(=O)N(CC=C)c3ccc(N(CC)CC)cc3)C23CC(C)[C@]1(C)O3. The number of likely N-dealkylation sites (tertiary alicyclic amines) is 1. The van der Waals surface area contributed by atoms with Gasteiger partial charge in [-0.2, -0.15) is 0 Å². The van der Waals surface area contributed by atoms with E-state index in [4.69, 9.17) is 4.74 Å². The van der Waals surface area contributed by atoms with Crippen molar-refractivity contribution in [2.45, 2.75) is 64.2 Å². The summed E-state index contributed by atoms with van der Waals surface area (Å²) in [5.74, 6) is -2.14. The minimum Gasteiger partial charge on any atom is -0.396 e. The van der Waals surface area contributed by atoms with Crippen molar-refractivity contribution < 1.29 is 24.2 Å². The Morgan fingerprint density at radius 3 is 2.26 bits per heavy atom. The molecule has 6 atom stereocenters. The fraction of sp³-hybridized carbons (Fsp3) is 0.606. The van der Waals surface area contributed by atoms with Gasteiger partial charge in [-0.25, -0.2) is 0 Å². The molecule has 9 heteroatoms. The smallest absolute Gasteiger partial charge is 0.253 e. The predicted octanol–water partition coefficient (Wildman–Crippen LogP) is 3.48. The van der Waals surface area contributed by atoms with Gasteiger partial charge in [0.1, 0.15) is 11.6 Å². The summed E-state index contributed by atoms with van der Waals surface area (Å²) in [6.45, 7) is 18.5. The molecule has 4 rings (SSSR count). The van der Waals surface area contributed by atoms with Gasteiger partial charge >= 0.3 is 0 Å². The number of carbonyl (C=O) groups excluding carboxylic acids is 3. The molecule has 3 fully saturated rings. The summed E-state index contributed by atoms with van der Waals surface area (Å²) in [6, 6.07) is 6.99. The Labute approximate surface area is 250 Å². The van der Waals surface area contributed by atoms with E-state index >= 15 is 0 Å². The Balaban J connectivity index is 1.78. The van der Waals surface area contributed by atoms with Crippen LogP contribution in [0.1, 0.15) is 47.0 Å². The quantitative estimate of drug-likeness (QED) is 0.268. The minimum absolute atomic E-state index is 0.00421. The van der Waals surface area contributed by atoms with E-state index in [0.717, 1.165) is 18.8 Å². The minimum atomic E-state index is -1.13. The first-order valence-electron chi connectivity index (χ1n) is 15.3. The fourth-order valence-electron chi connectivity index (χ4n) is 7.58. The molecule has 2 bridgehead atoms. The van der Waals surface area contributed by atoms with Gasteiger partial charge in [0.15, 0.2) is 0 Å². The van der Waals surface area contributed by atoms with Crippen molar-refractivity contribution in [2.24, 2.45) is 17.8 Å². The van der Waals surface area contributed by atoms with Crippen LogP contribution in [0.15, 0.2) is 49.6 Å². The van der Waals surface area contributed by atoms with E-state index in [2.05, 4.69) is 31.9 Å². The molecule has 1 spiro atoms. The van der Waals surface area contributed by atoms with Gasteiger partial charge in [0.05, 0.1) is 17.4 Å². The molecule has 3 saturated heterocycles. The van der Waals surface area contributed by atoms with Gasteiger partial charge in [-0.1, -0.05) is 19.1 Å². The van der Waals surface area contributed by atoms with Crippen LogP contribution in [0.25, 0.3) is 0 Å². The number of hydrogen-bond donors (Lipinski definition) is 1. The molecule has 1 N–H and O–H groups in total. The van der Waals surface area contributed by atoms with Gasteiger partial charge in [-0.05, 0) is 70.2 Å². The molecule has 3 heterocycles. The zero-order chi connectivity index (χ0) is 30.8. The van der Waals surface area contributed by atoms with Crippen molar-refractivity contribution in [3.63, 3.8) is 0 Å². The predicted molar refractivity (Wildman–Crippen MR) is 165 cm³/mol. The normalized spacial score (nSPS) is 29.4. The molecule has 0 saturated carbocycles. The number of likely N-dealkylation sites (N-methyl/N-ethyl adjacent to an activating group) is 1. The van der Waals surface area contributed by atoms with E-state index < -0.39 is 29.1 Å². The number of nitrogens with zero attached hydrogens (tertiary/aromatic N) is 4. The van der Waals surface area contributed by atoms with Crippen LogP contribution < -0.4 is 9.80 Å². The fourth-order valence-corrected chi connectivity index (χ4v) is 7.58. The highest BCUT2D eigenvalue weighted by atomic mass is 16.5.